The first-order chi connectivity index (χ1) is 4.43. The predicted molar refractivity (Wildman–Crippen MR) is 36.7 cm³/mol. The summed E-state index contributed by atoms with van der Waals surface area (Å²) in [5.74, 6) is 0. The van der Waals surface area contributed by atoms with Crippen LogP contribution in [0.5, 0.6) is 5.06 Å². The van der Waals surface area contributed by atoms with Crippen LogP contribution in [0.25, 0.3) is 0 Å². The van der Waals surface area contributed by atoms with Crippen LogP contribution in [-0.4, -0.2) is 18.1 Å². The van der Waals surface area contributed by atoms with E-state index >= 15 is 0 Å². The zero-order chi connectivity index (χ0) is 6.53. The summed E-state index contributed by atoms with van der Waals surface area (Å²) in [6.07, 6.45) is 1.68. The van der Waals surface area contributed by atoms with E-state index in [9.17, 15) is 0 Å². The average molecular weight is 144 g/mol. The fraction of sp³-hybridized carbons (Fsp3) is 0.400. The molecule has 0 aliphatic heterocycles. The average Bonchev–Trinajstić information content (AvgIpc) is 2.34. The topological polar surface area (TPSA) is 48.1 Å². The van der Waals surface area contributed by atoms with Gasteiger partial charge in [0.05, 0.1) is 11.7 Å². The first kappa shape index (κ1) is 6.51. The van der Waals surface area contributed by atoms with Gasteiger partial charge in [0.25, 0.3) is 0 Å². The standard InChI is InChI=1S/C5H8N2OS/c6-1-2-8-5-3-7-4-9-5/h3-4H,1-2,6H2. The van der Waals surface area contributed by atoms with E-state index in [4.69, 9.17) is 10.5 Å². The van der Waals surface area contributed by atoms with Gasteiger partial charge in [0.2, 0.25) is 0 Å². The lowest BCUT2D eigenvalue weighted by Crippen LogP contribution is -2.09. The summed E-state index contributed by atoms with van der Waals surface area (Å²) >= 11 is 1.47. The van der Waals surface area contributed by atoms with Gasteiger partial charge in [-0.25, -0.2) is 4.98 Å². The molecule has 0 saturated heterocycles. The van der Waals surface area contributed by atoms with Crippen LogP contribution in [-0.2, 0) is 0 Å². The molecule has 1 rings (SSSR count). The number of hydrogen-bond acceptors (Lipinski definition) is 4. The van der Waals surface area contributed by atoms with Crippen LogP contribution >= 0.6 is 11.3 Å². The van der Waals surface area contributed by atoms with Crippen molar-refractivity contribution in [1.82, 2.24) is 4.98 Å². The quantitative estimate of drug-likeness (QED) is 0.671. The second-order valence-corrected chi connectivity index (χ2v) is 2.31. The second-order valence-electron chi connectivity index (χ2n) is 1.46. The van der Waals surface area contributed by atoms with E-state index in [-0.39, 0.29) is 0 Å². The number of thiazole rings is 1. The summed E-state index contributed by atoms with van der Waals surface area (Å²) in [6.45, 7) is 1.13. The zero-order valence-electron chi connectivity index (χ0n) is 4.91. The van der Waals surface area contributed by atoms with E-state index in [1.807, 2.05) is 0 Å². The highest BCUT2D eigenvalue weighted by atomic mass is 32.1. The molecular weight excluding hydrogens is 136 g/mol. The monoisotopic (exact) mass is 144 g/mol. The molecule has 0 unspecified atom stereocenters. The Morgan fingerprint density at radius 3 is 3.22 bits per heavy atom. The molecular formula is C5H8N2OS. The van der Waals surface area contributed by atoms with Crippen molar-refractivity contribution in [2.75, 3.05) is 13.2 Å². The van der Waals surface area contributed by atoms with Crippen molar-refractivity contribution in [3.63, 3.8) is 0 Å². The smallest absolute Gasteiger partial charge is 0.193 e. The highest BCUT2D eigenvalue weighted by Gasteiger charge is 1.90. The molecule has 1 aromatic heterocycles. The van der Waals surface area contributed by atoms with E-state index in [2.05, 4.69) is 4.98 Å². The molecule has 2 N–H and O–H groups in total. The Bertz CT molecular complexity index is 152. The predicted octanol–water partition coefficient (Wildman–Crippen LogP) is 0.481. The molecule has 1 aromatic rings. The summed E-state index contributed by atoms with van der Waals surface area (Å²) in [7, 11) is 0. The summed E-state index contributed by atoms with van der Waals surface area (Å²) in [5, 5.41) is 0.834. The van der Waals surface area contributed by atoms with Crippen molar-refractivity contribution >= 4 is 11.3 Å². The third-order valence-corrected chi connectivity index (χ3v) is 1.45. The van der Waals surface area contributed by atoms with Crippen LogP contribution in [0.4, 0.5) is 0 Å². The van der Waals surface area contributed by atoms with Crippen LogP contribution in [0.1, 0.15) is 0 Å². The maximum atomic E-state index is 5.20. The summed E-state index contributed by atoms with van der Waals surface area (Å²) in [4.78, 5) is 3.83. The lowest BCUT2D eigenvalue weighted by molar-refractivity contribution is 0.337. The van der Waals surface area contributed by atoms with Crippen LogP contribution in [0.3, 0.4) is 0 Å². The third kappa shape index (κ3) is 1.99. The first-order valence-corrected chi connectivity index (χ1v) is 3.53. The van der Waals surface area contributed by atoms with Gasteiger partial charge in [0.1, 0.15) is 6.61 Å². The molecule has 0 aromatic carbocycles. The Hall–Kier alpha value is -0.610. The maximum absolute atomic E-state index is 5.20. The molecule has 0 radical (unpaired) electrons. The number of nitrogens with zero attached hydrogens (tertiary/aromatic N) is 1. The molecule has 4 heteroatoms. The van der Waals surface area contributed by atoms with Crippen molar-refractivity contribution in [3.8, 4) is 5.06 Å². The molecule has 9 heavy (non-hydrogen) atoms. The Kier molecular flexibility index (Phi) is 2.48. The number of nitrogens with two attached hydrogens (primary N) is 1. The van der Waals surface area contributed by atoms with Gasteiger partial charge in [0.15, 0.2) is 5.06 Å². The van der Waals surface area contributed by atoms with E-state index < -0.39 is 0 Å². The fourth-order valence-corrected chi connectivity index (χ4v) is 0.934. The molecule has 0 spiro atoms. The Morgan fingerprint density at radius 2 is 2.67 bits per heavy atom. The molecule has 1 heterocycles. The zero-order valence-corrected chi connectivity index (χ0v) is 5.73. The number of ether oxygens (including phenoxy) is 1. The van der Waals surface area contributed by atoms with Crippen molar-refractivity contribution in [1.29, 1.82) is 0 Å². The first-order valence-electron chi connectivity index (χ1n) is 2.65. The molecule has 0 amide bonds. The normalized spacial score (nSPS) is 9.44. The third-order valence-electron chi connectivity index (χ3n) is 0.772. The number of aromatic nitrogens is 1. The minimum atomic E-state index is 0.553. The van der Waals surface area contributed by atoms with Gasteiger partial charge in [-0.15, -0.1) is 0 Å². The molecule has 0 aliphatic carbocycles. The Labute approximate surface area is 57.5 Å². The molecule has 0 bridgehead atoms. The summed E-state index contributed by atoms with van der Waals surface area (Å²) < 4.78 is 5.13. The van der Waals surface area contributed by atoms with Gasteiger partial charge in [-0.05, 0) is 0 Å². The largest absolute Gasteiger partial charge is 0.481 e. The lowest BCUT2D eigenvalue weighted by Gasteiger charge is -1.96. The van der Waals surface area contributed by atoms with Gasteiger partial charge in [0, 0.05) is 6.54 Å². The van der Waals surface area contributed by atoms with Gasteiger partial charge in [-0.1, -0.05) is 11.3 Å². The van der Waals surface area contributed by atoms with Crippen LogP contribution < -0.4 is 10.5 Å². The number of hydrogen-bond donors (Lipinski definition) is 1. The van der Waals surface area contributed by atoms with Gasteiger partial charge in [-0.2, -0.15) is 0 Å². The van der Waals surface area contributed by atoms with E-state index in [0.717, 1.165) is 5.06 Å². The molecule has 0 fully saturated rings. The van der Waals surface area contributed by atoms with E-state index in [0.29, 0.717) is 13.2 Å². The fourth-order valence-electron chi connectivity index (χ4n) is 0.435. The van der Waals surface area contributed by atoms with Crippen molar-refractivity contribution < 1.29 is 4.74 Å². The minimum absolute atomic E-state index is 0.553. The van der Waals surface area contributed by atoms with Gasteiger partial charge >= 0.3 is 0 Å². The molecule has 3 nitrogen and oxygen atoms in total. The van der Waals surface area contributed by atoms with Crippen molar-refractivity contribution in [2.45, 2.75) is 0 Å². The minimum Gasteiger partial charge on any atom is -0.481 e. The SMILES string of the molecule is NCCOc1cncs1. The summed E-state index contributed by atoms with van der Waals surface area (Å²) in [6, 6.07) is 0. The molecule has 0 aliphatic rings. The van der Waals surface area contributed by atoms with Crippen LogP contribution in [0, 0.1) is 0 Å². The van der Waals surface area contributed by atoms with Crippen LogP contribution in [0.15, 0.2) is 11.7 Å². The lowest BCUT2D eigenvalue weighted by atomic mass is 10.7. The molecule has 0 saturated carbocycles. The molecule has 50 valence electrons. The second kappa shape index (κ2) is 3.42. The Morgan fingerprint density at radius 1 is 1.78 bits per heavy atom. The molecule has 0 atom stereocenters. The highest BCUT2D eigenvalue weighted by molar-refractivity contribution is 7.11. The van der Waals surface area contributed by atoms with Crippen molar-refractivity contribution in [2.24, 2.45) is 5.73 Å². The van der Waals surface area contributed by atoms with Gasteiger partial charge < -0.3 is 10.5 Å². The van der Waals surface area contributed by atoms with E-state index in [1.165, 1.54) is 11.3 Å². The van der Waals surface area contributed by atoms with Gasteiger partial charge in [-0.3, -0.25) is 0 Å². The summed E-state index contributed by atoms with van der Waals surface area (Å²) in [5.41, 5.74) is 6.93. The van der Waals surface area contributed by atoms with Crippen molar-refractivity contribution in [3.05, 3.63) is 11.7 Å². The van der Waals surface area contributed by atoms with E-state index in [1.54, 1.807) is 11.7 Å². The highest BCUT2D eigenvalue weighted by Crippen LogP contribution is 2.14. The number of rotatable bonds is 3. The maximum Gasteiger partial charge on any atom is 0.193 e. The Balaban J connectivity index is 2.30. The van der Waals surface area contributed by atoms with Crippen LogP contribution in [0.2, 0.25) is 0 Å².